The van der Waals surface area contributed by atoms with Crippen molar-refractivity contribution in [2.24, 2.45) is 0 Å². The lowest BCUT2D eigenvalue weighted by Gasteiger charge is -2.01. The van der Waals surface area contributed by atoms with E-state index >= 15 is 0 Å². The number of benzene rings is 5. The third-order valence-corrected chi connectivity index (χ3v) is 7.19. The summed E-state index contributed by atoms with van der Waals surface area (Å²) in [5, 5.41) is 0. The van der Waals surface area contributed by atoms with Crippen LogP contribution in [0.15, 0.2) is 91.0 Å². The van der Waals surface area contributed by atoms with Crippen molar-refractivity contribution in [2.45, 2.75) is 90.0 Å². The Hall–Kier alpha value is -4.18. The van der Waals surface area contributed by atoms with Crippen LogP contribution >= 0.6 is 0 Å². The smallest absolute Gasteiger partial charge is 0.161 e. The zero-order chi connectivity index (χ0) is 36.3. The van der Waals surface area contributed by atoms with Gasteiger partial charge in [-0.25, -0.2) is 17.6 Å². The number of hydrogen-bond acceptors (Lipinski definition) is 0. The zero-order valence-corrected chi connectivity index (χ0v) is 30.7. The van der Waals surface area contributed by atoms with Crippen LogP contribution in [0.1, 0.15) is 75.0 Å². The van der Waals surface area contributed by atoms with Gasteiger partial charge >= 0.3 is 0 Å². The number of hydrogen-bond donors (Lipinski definition) is 0. The predicted octanol–water partition coefficient (Wildman–Crippen LogP) is 13.4. The number of halogens is 4. The molecular weight excluding hydrogens is 592 g/mol. The topological polar surface area (TPSA) is 0 Å². The predicted molar refractivity (Wildman–Crippen MR) is 195 cm³/mol. The second kappa shape index (κ2) is 22.4. The van der Waals surface area contributed by atoms with Gasteiger partial charge in [-0.15, -0.1) is 0 Å². The summed E-state index contributed by atoms with van der Waals surface area (Å²) >= 11 is 0. The molecule has 4 heteroatoms. The van der Waals surface area contributed by atoms with Crippen LogP contribution in [-0.2, 0) is 0 Å². The van der Waals surface area contributed by atoms with E-state index < -0.39 is 11.6 Å². The maximum absolute atomic E-state index is 12.8. The first-order valence-electron chi connectivity index (χ1n) is 16.0. The van der Waals surface area contributed by atoms with Crippen LogP contribution in [0.5, 0.6) is 0 Å². The van der Waals surface area contributed by atoms with Crippen LogP contribution in [0.4, 0.5) is 17.6 Å². The first kappa shape index (κ1) is 42.8. The highest BCUT2D eigenvalue weighted by Gasteiger charge is 2.06. The Labute approximate surface area is 282 Å². The van der Waals surface area contributed by atoms with E-state index in [1.54, 1.807) is 38.1 Å². The molecule has 5 rings (SSSR count). The lowest BCUT2D eigenvalue weighted by molar-refractivity contribution is 0.497. The average Bonchev–Trinajstić information content (AvgIpc) is 3.04. The molecule has 0 bridgehead atoms. The van der Waals surface area contributed by atoms with Crippen molar-refractivity contribution in [3.63, 3.8) is 0 Å². The Morgan fingerprint density at radius 3 is 1.02 bits per heavy atom. The molecule has 0 amide bonds. The molecule has 0 aliphatic heterocycles. The van der Waals surface area contributed by atoms with Gasteiger partial charge in [0, 0.05) is 0 Å². The minimum absolute atomic E-state index is 0.0995. The Balaban J connectivity index is 0.000000557. The molecule has 0 saturated heterocycles. The zero-order valence-electron chi connectivity index (χ0n) is 30.7. The SMILES string of the molecule is CC.Cc1cc(C)c(C)c(F)c1.Cc1ccc(C)c(F)c1.Cc1ccc(C)c(F)c1F.Cc1ccc(C)cc1.Cc1ccccc1C. The summed E-state index contributed by atoms with van der Waals surface area (Å²) in [5.41, 5.74) is 10.5. The van der Waals surface area contributed by atoms with Crippen molar-refractivity contribution in [2.75, 3.05) is 0 Å². The lowest BCUT2D eigenvalue weighted by atomic mass is 10.1. The van der Waals surface area contributed by atoms with E-state index in [1.807, 2.05) is 46.8 Å². The van der Waals surface area contributed by atoms with Gasteiger partial charge in [-0.05, 0) is 138 Å². The Bertz CT molecular complexity index is 1540. The summed E-state index contributed by atoms with van der Waals surface area (Å²) in [5.74, 6) is -1.69. The maximum atomic E-state index is 12.8. The first-order valence-corrected chi connectivity index (χ1v) is 16.0. The molecule has 0 saturated carbocycles. The van der Waals surface area contributed by atoms with Gasteiger partial charge in [0.2, 0.25) is 0 Å². The van der Waals surface area contributed by atoms with E-state index in [9.17, 15) is 17.6 Å². The van der Waals surface area contributed by atoms with E-state index in [2.05, 4.69) is 76.2 Å². The van der Waals surface area contributed by atoms with Crippen molar-refractivity contribution in [3.05, 3.63) is 175 Å². The summed E-state index contributed by atoms with van der Waals surface area (Å²) < 4.78 is 50.7. The minimum Gasteiger partial charge on any atom is -0.207 e. The summed E-state index contributed by atoms with van der Waals surface area (Å²) in [7, 11) is 0. The molecule has 0 radical (unpaired) electrons. The third-order valence-electron chi connectivity index (χ3n) is 7.19. The molecule has 0 aliphatic carbocycles. The molecule has 5 aromatic carbocycles. The van der Waals surface area contributed by atoms with Crippen LogP contribution in [0.2, 0.25) is 0 Å². The van der Waals surface area contributed by atoms with Crippen molar-refractivity contribution in [1.29, 1.82) is 0 Å². The van der Waals surface area contributed by atoms with Crippen molar-refractivity contribution in [1.82, 2.24) is 0 Å². The largest absolute Gasteiger partial charge is 0.207 e. The molecule has 0 spiro atoms. The highest BCUT2D eigenvalue weighted by molar-refractivity contribution is 5.30. The van der Waals surface area contributed by atoms with Crippen molar-refractivity contribution < 1.29 is 17.6 Å². The minimum atomic E-state index is -0.736. The molecular formula is C43H54F4. The lowest BCUT2D eigenvalue weighted by Crippen LogP contribution is -1.91. The first-order chi connectivity index (χ1) is 22.0. The van der Waals surface area contributed by atoms with Gasteiger partial charge in [0.05, 0.1) is 0 Å². The van der Waals surface area contributed by atoms with Crippen LogP contribution in [-0.4, -0.2) is 0 Å². The van der Waals surface area contributed by atoms with Gasteiger partial charge in [0.15, 0.2) is 11.6 Å². The molecule has 0 heterocycles. The monoisotopic (exact) mass is 646 g/mol. The summed E-state index contributed by atoms with van der Waals surface area (Å²) in [6.45, 7) is 24.8. The molecule has 0 fully saturated rings. The van der Waals surface area contributed by atoms with Crippen LogP contribution in [0.3, 0.4) is 0 Å². The molecule has 254 valence electrons. The molecule has 0 N–H and O–H groups in total. The second-order valence-electron chi connectivity index (χ2n) is 11.5. The van der Waals surface area contributed by atoms with Crippen LogP contribution in [0.25, 0.3) is 0 Å². The third kappa shape index (κ3) is 16.8. The van der Waals surface area contributed by atoms with Crippen molar-refractivity contribution in [3.8, 4) is 0 Å². The van der Waals surface area contributed by atoms with Gasteiger partial charge in [0.25, 0.3) is 0 Å². The van der Waals surface area contributed by atoms with Gasteiger partial charge in [0.1, 0.15) is 11.6 Å². The van der Waals surface area contributed by atoms with Gasteiger partial charge < -0.3 is 0 Å². The fourth-order valence-corrected chi connectivity index (χ4v) is 3.73. The van der Waals surface area contributed by atoms with E-state index in [4.69, 9.17) is 0 Å². The van der Waals surface area contributed by atoms with Gasteiger partial charge in [-0.2, -0.15) is 0 Å². The van der Waals surface area contributed by atoms with Gasteiger partial charge in [-0.1, -0.05) is 104 Å². The Morgan fingerprint density at radius 2 is 0.681 bits per heavy atom. The average molecular weight is 647 g/mol. The van der Waals surface area contributed by atoms with E-state index in [-0.39, 0.29) is 11.6 Å². The maximum Gasteiger partial charge on any atom is 0.161 e. The van der Waals surface area contributed by atoms with E-state index in [0.29, 0.717) is 16.7 Å². The quantitative estimate of drug-likeness (QED) is 0.147. The Kier molecular flexibility index (Phi) is 20.4. The number of aryl methyl sites for hydroxylation is 10. The molecule has 0 aromatic heterocycles. The van der Waals surface area contributed by atoms with Gasteiger partial charge in [-0.3, -0.25) is 0 Å². The molecule has 0 nitrogen and oxygen atoms in total. The van der Waals surface area contributed by atoms with E-state index in [1.165, 1.54) is 42.2 Å². The fourth-order valence-electron chi connectivity index (χ4n) is 3.73. The molecule has 47 heavy (non-hydrogen) atoms. The molecule has 0 unspecified atom stereocenters. The van der Waals surface area contributed by atoms with Crippen LogP contribution in [0, 0.1) is 99.4 Å². The van der Waals surface area contributed by atoms with E-state index in [0.717, 1.165) is 22.3 Å². The standard InChI is InChI=1S/C9H11F.C8H8F2.C8H9F.2C8H10.C2H6/c1-6-4-7(2)8(3)9(10)5-6;1-5-3-4-6(2)8(10)7(5)9;1-6-3-4-7(2)8(9)5-6;1-7-3-5-8(2)6-4-7;1-7-5-3-4-6-8(7)2;1-2/h4-5H,1-3H3;3-4H,1-2H3;3-5H,1-2H3;2*3-6H,1-2H3;1-2H3. The Morgan fingerprint density at radius 1 is 0.319 bits per heavy atom. The molecule has 0 aliphatic rings. The number of rotatable bonds is 0. The summed E-state index contributed by atoms with van der Waals surface area (Å²) in [4.78, 5) is 0. The van der Waals surface area contributed by atoms with Crippen molar-refractivity contribution >= 4 is 0 Å². The normalized spacial score (nSPS) is 9.38. The fraction of sp³-hybridized carbons (Fsp3) is 0.302. The summed E-state index contributed by atoms with van der Waals surface area (Å²) in [6, 6.07) is 28.7. The second-order valence-corrected chi connectivity index (χ2v) is 11.5. The molecule has 5 aromatic rings. The molecule has 0 atom stereocenters. The highest BCUT2D eigenvalue weighted by atomic mass is 19.2. The summed E-state index contributed by atoms with van der Waals surface area (Å²) in [6.07, 6.45) is 0. The highest BCUT2D eigenvalue weighted by Crippen LogP contribution is 2.14. The van der Waals surface area contributed by atoms with Crippen LogP contribution < -0.4 is 0 Å².